The number of cyclic esters (lactones) is 2. The minimum Gasteiger partial charge on any atom is -0.387 e. The van der Waals surface area contributed by atoms with Crippen molar-refractivity contribution in [1.29, 1.82) is 5.41 Å². The predicted octanol–water partition coefficient (Wildman–Crippen LogP) is -1.88. The second-order valence-corrected chi connectivity index (χ2v) is 1.77. The summed E-state index contributed by atoms with van der Waals surface area (Å²) < 4.78 is 3.97. The topological polar surface area (TPSA) is 183 Å². The molecule has 15 heavy (non-hydrogen) atoms. The number of nitrogens with zero attached hydrogens (tertiary/aromatic N) is 1. The average Bonchev–Trinajstić information content (AvgIpc) is 2.31. The summed E-state index contributed by atoms with van der Waals surface area (Å²) in [6.45, 7) is 0. The van der Waals surface area contributed by atoms with Gasteiger partial charge in [0.15, 0.2) is 5.96 Å². The Balaban J connectivity index is 0. The Labute approximate surface area is 82.7 Å². The Bertz CT molecular complexity index is 262. The van der Waals surface area contributed by atoms with Crippen molar-refractivity contribution in [2.45, 2.75) is 0 Å². The fourth-order valence-electron chi connectivity index (χ4n) is 0.303. The number of carbonyl (C=O) groups excluding carboxylic acids is 2. The van der Waals surface area contributed by atoms with Crippen LogP contribution < -0.4 is 11.5 Å². The molecule has 0 aliphatic carbocycles. The fourth-order valence-corrected chi connectivity index (χ4v) is 0.303. The van der Waals surface area contributed by atoms with Crippen LogP contribution in [0.5, 0.6) is 0 Å². The summed E-state index contributed by atoms with van der Waals surface area (Å²) in [5.74, 6) is -1.49. The van der Waals surface area contributed by atoms with E-state index in [-0.39, 0.29) is 5.96 Å². The maximum Gasteiger partial charge on any atom is 0.338 e. The number of nitrogens with two attached hydrogens (primary N) is 2. The van der Waals surface area contributed by atoms with Gasteiger partial charge in [-0.05, 0) is 0 Å². The van der Waals surface area contributed by atoms with Crippen LogP contribution in [0.3, 0.4) is 0 Å². The number of rotatable bonds is 0. The average molecular weight is 220 g/mol. The Morgan fingerprint density at radius 3 is 1.67 bits per heavy atom. The fraction of sp³-hybridized carbons (Fsp3) is 0. The van der Waals surface area contributed by atoms with Crippen LogP contribution >= 0.6 is 0 Å². The highest BCUT2D eigenvalue weighted by Crippen LogP contribution is 1.92. The molecule has 0 unspecified atom stereocenters. The van der Waals surface area contributed by atoms with Crippen LogP contribution in [0.25, 0.3) is 0 Å². The summed E-state index contributed by atoms with van der Waals surface area (Å²) in [4.78, 5) is 28.2. The van der Waals surface area contributed by atoms with Crippen molar-refractivity contribution in [3.05, 3.63) is 22.3 Å². The van der Waals surface area contributed by atoms with Crippen molar-refractivity contribution in [3.8, 4) is 0 Å². The van der Waals surface area contributed by atoms with Crippen LogP contribution in [-0.4, -0.2) is 28.2 Å². The van der Waals surface area contributed by atoms with Crippen LogP contribution in [0.4, 0.5) is 0 Å². The van der Waals surface area contributed by atoms with Crippen molar-refractivity contribution in [1.82, 2.24) is 0 Å². The van der Waals surface area contributed by atoms with E-state index in [0.29, 0.717) is 0 Å². The SMILES string of the molecule is N=C(N)N.O=C1C=CC(=O)O1.O=[N+]([O-])O. The van der Waals surface area contributed by atoms with Crippen LogP contribution in [0.15, 0.2) is 12.2 Å². The van der Waals surface area contributed by atoms with Gasteiger partial charge >= 0.3 is 11.9 Å². The van der Waals surface area contributed by atoms with Gasteiger partial charge in [0, 0.05) is 12.2 Å². The van der Waals surface area contributed by atoms with Gasteiger partial charge in [0.1, 0.15) is 0 Å². The number of hydrogen-bond donors (Lipinski definition) is 4. The van der Waals surface area contributed by atoms with Crippen molar-refractivity contribution < 1.29 is 24.6 Å². The van der Waals surface area contributed by atoms with Crippen LogP contribution in [-0.2, 0) is 14.3 Å². The quantitative estimate of drug-likeness (QED) is 0.0911. The molecule has 1 aliphatic rings. The molecule has 10 nitrogen and oxygen atoms in total. The normalized spacial score (nSPS) is 11.5. The zero-order valence-corrected chi connectivity index (χ0v) is 7.25. The number of esters is 2. The van der Waals surface area contributed by atoms with Crippen molar-refractivity contribution in [2.24, 2.45) is 11.5 Å². The van der Waals surface area contributed by atoms with E-state index in [1.165, 1.54) is 0 Å². The second-order valence-electron chi connectivity index (χ2n) is 1.77. The van der Waals surface area contributed by atoms with E-state index in [1.54, 1.807) is 0 Å². The summed E-state index contributed by atoms with van der Waals surface area (Å²) in [6, 6.07) is 0. The van der Waals surface area contributed by atoms with E-state index in [9.17, 15) is 9.59 Å². The van der Waals surface area contributed by atoms with Gasteiger partial charge in [-0.2, -0.15) is 0 Å². The first-order chi connectivity index (χ1) is 6.75. The molecular weight excluding hydrogens is 212 g/mol. The zero-order valence-electron chi connectivity index (χ0n) is 7.25. The summed E-state index contributed by atoms with van der Waals surface area (Å²) in [5.41, 5.74) is 8.94. The summed E-state index contributed by atoms with van der Waals surface area (Å²) in [7, 11) is 0. The second kappa shape index (κ2) is 7.97. The molecule has 1 aliphatic heterocycles. The van der Waals surface area contributed by atoms with Gasteiger partial charge in [0.2, 0.25) is 0 Å². The first kappa shape index (κ1) is 14.9. The molecule has 0 amide bonds. The Kier molecular flexibility index (Phi) is 7.89. The van der Waals surface area contributed by atoms with E-state index in [4.69, 9.17) is 20.7 Å². The molecule has 10 heteroatoms. The molecule has 0 aromatic rings. The maximum absolute atomic E-state index is 9.92. The van der Waals surface area contributed by atoms with Gasteiger partial charge < -0.3 is 21.4 Å². The third-order valence-corrected chi connectivity index (χ3v) is 0.557. The highest BCUT2D eigenvalue weighted by molar-refractivity contribution is 6.04. The molecule has 0 saturated carbocycles. The lowest BCUT2D eigenvalue weighted by molar-refractivity contribution is -0.742. The Morgan fingerprint density at radius 1 is 1.40 bits per heavy atom. The molecule has 0 aromatic heterocycles. The standard InChI is InChI=1S/C4H2O3.CH5N3.HNO3/c5-3-1-2-4(6)7-3;2*2-1(3)4/h1-2H;(H5,2,3,4);(H,2,3,4). The van der Waals surface area contributed by atoms with Gasteiger partial charge in [-0.15, -0.1) is 10.1 Å². The largest absolute Gasteiger partial charge is 0.387 e. The molecule has 0 bridgehead atoms. The lowest BCUT2D eigenvalue weighted by Gasteiger charge is -1.80. The molecule has 84 valence electrons. The van der Waals surface area contributed by atoms with Gasteiger partial charge in [-0.3, -0.25) is 5.41 Å². The highest BCUT2D eigenvalue weighted by Gasteiger charge is 2.10. The van der Waals surface area contributed by atoms with Gasteiger partial charge in [0.05, 0.1) is 0 Å². The van der Waals surface area contributed by atoms with Crippen LogP contribution in [0.1, 0.15) is 0 Å². The van der Waals surface area contributed by atoms with Gasteiger partial charge in [0.25, 0.3) is 5.09 Å². The summed E-state index contributed by atoms with van der Waals surface area (Å²) in [5, 5.41) is 19.7. The minimum atomic E-state index is -1.50. The Hall–Kier alpha value is -2.65. The van der Waals surface area contributed by atoms with Crippen LogP contribution in [0, 0.1) is 15.5 Å². The van der Waals surface area contributed by atoms with Crippen LogP contribution in [0.2, 0.25) is 0 Å². The van der Waals surface area contributed by atoms with Gasteiger partial charge in [-0.1, -0.05) is 0 Å². The lowest BCUT2D eigenvalue weighted by Crippen LogP contribution is -2.20. The number of guanidine groups is 1. The maximum atomic E-state index is 9.92. The number of nitrogens with one attached hydrogen (secondary N) is 1. The first-order valence-electron chi connectivity index (χ1n) is 3.12. The van der Waals surface area contributed by atoms with E-state index in [0.717, 1.165) is 12.2 Å². The zero-order chi connectivity index (χ0) is 12.4. The third kappa shape index (κ3) is 24.6. The molecule has 0 atom stereocenters. The van der Waals surface area contributed by atoms with E-state index < -0.39 is 17.0 Å². The van der Waals surface area contributed by atoms with Crippen molar-refractivity contribution >= 4 is 17.9 Å². The van der Waals surface area contributed by atoms with E-state index in [1.807, 2.05) is 0 Å². The summed E-state index contributed by atoms with van der Waals surface area (Å²) in [6.07, 6.45) is 2.17. The molecule has 1 rings (SSSR count). The molecule has 0 aromatic carbocycles. The van der Waals surface area contributed by atoms with E-state index >= 15 is 0 Å². The monoisotopic (exact) mass is 220 g/mol. The first-order valence-corrected chi connectivity index (χ1v) is 3.12. The van der Waals surface area contributed by atoms with Crippen molar-refractivity contribution in [2.75, 3.05) is 0 Å². The van der Waals surface area contributed by atoms with E-state index in [2.05, 4.69) is 16.2 Å². The molecule has 0 fully saturated rings. The molecule has 0 radical (unpaired) electrons. The molecular formula is C5H8N4O6. The minimum absolute atomic E-state index is 0.333. The Morgan fingerprint density at radius 2 is 1.60 bits per heavy atom. The summed E-state index contributed by atoms with van der Waals surface area (Å²) >= 11 is 0. The lowest BCUT2D eigenvalue weighted by atomic mass is 10.6. The number of hydrogen-bond acceptors (Lipinski definition) is 6. The molecule has 0 spiro atoms. The molecule has 1 heterocycles. The number of carbonyl (C=O) groups is 2. The predicted molar refractivity (Wildman–Crippen MR) is 45.1 cm³/mol. The number of ether oxygens (including phenoxy) is 1. The van der Waals surface area contributed by atoms with Crippen molar-refractivity contribution in [3.63, 3.8) is 0 Å². The smallest absolute Gasteiger partial charge is 0.338 e. The molecule has 0 saturated heterocycles. The van der Waals surface area contributed by atoms with Gasteiger partial charge in [-0.25, -0.2) is 9.59 Å². The highest BCUT2D eigenvalue weighted by atomic mass is 16.9. The third-order valence-electron chi connectivity index (χ3n) is 0.557. The molecule has 6 N–H and O–H groups in total.